The van der Waals surface area contributed by atoms with Gasteiger partial charge in [-0.3, -0.25) is 9.36 Å². The molecule has 3 rings (SSSR count). The van der Waals surface area contributed by atoms with Crippen LogP contribution in [-0.2, 0) is 43.0 Å². The van der Waals surface area contributed by atoms with Gasteiger partial charge in [0, 0.05) is 6.16 Å². The molecule has 0 bridgehead atoms. The van der Waals surface area contributed by atoms with Crippen LogP contribution in [0.25, 0.3) is 0 Å². The third-order valence-corrected chi connectivity index (χ3v) is 9.73. The predicted molar refractivity (Wildman–Crippen MR) is 182 cm³/mol. The van der Waals surface area contributed by atoms with Gasteiger partial charge >= 0.3 is 5.97 Å². The summed E-state index contributed by atoms with van der Waals surface area (Å²) in [6, 6.07) is 27.0. The molecule has 0 saturated carbocycles. The molecule has 0 saturated heterocycles. The molecule has 0 fully saturated rings. The van der Waals surface area contributed by atoms with Crippen LogP contribution in [0.15, 0.2) is 91.0 Å². The lowest BCUT2D eigenvalue weighted by molar-refractivity contribution is -0.149. The Bertz CT molecular complexity index is 1300. The molecule has 0 heterocycles. The van der Waals surface area contributed by atoms with Gasteiger partial charge in [0.2, 0.25) is 5.91 Å². The number of hydrogen-bond donors (Lipinski definition) is 2. The fourth-order valence-corrected chi connectivity index (χ4v) is 7.10. The molecule has 7 nitrogen and oxygen atoms in total. The van der Waals surface area contributed by atoms with Crippen molar-refractivity contribution in [2.45, 2.75) is 97.4 Å². The Morgan fingerprint density at radius 1 is 0.711 bits per heavy atom. The topological polar surface area (TPSA) is 93.7 Å². The van der Waals surface area contributed by atoms with E-state index in [-0.39, 0.29) is 25.6 Å². The Balaban J connectivity index is 1.79. The Kier molecular flexibility index (Phi) is 16.1. The number of ether oxygens (including phenoxy) is 1. The quantitative estimate of drug-likeness (QED) is 0.0697. The van der Waals surface area contributed by atoms with Gasteiger partial charge < -0.3 is 14.6 Å². The molecule has 0 spiro atoms. The van der Waals surface area contributed by atoms with Crippen molar-refractivity contribution in [3.8, 4) is 0 Å². The van der Waals surface area contributed by atoms with Crippen molar-refractivity contribution in [3.63, 3.8) is 0 Å². The zero-order chi connectivity index (χ0) is 32.3. The van der Waals surface area contributed by atoms with Crippen LogP contribution >= 0.6 is 7.52 Å². The van der Waals surface area contributed by atoms with Gasteiger partial charge in [0.15, 0.2) is 0 Å². The molecule has 0 aliphatic rings. The normalized spacial score (nSPS) is 14.0. The molecule has 45 heavy (non-hydrogen) atoms. The smallest absolute Gasteiger partial charge is 0.328 e. The highest BCUT2D eigenvalue weighted by atomic mass is 31.2. The van der Waals surface area contributed by atoms with Crippen molar-refractivity contribution < 1.29 is 23.4 Å². The second kappa shape index (κ2) is 20.0. The van der Waals surface area contributed by atoms with Gasteiger partial charge in [0.05, 0.1) is 12.6 Å². The number of benzene rings is 3. The lowest BCUT2D eigenvalue weighted by Gasteiger charge is -2.28. The molecule has 0 aromatic heterocycles. The Hall–Kier alpha value is -3.25. The van der Waals surface area contributed by atoms with Gasteiger partial charge in [0.1, 0.15) is 12.6 Å². The van der Waals surface area contributed by atoms with Crippen LogP contribution in [-0.4, -0.2) is 30.1 Å². The highest BCUT2D eigenvalue weighted by Crippen LogP contribution is 2.45. The molecule has 1 unspecified atom stereocenters. The minimum Gasteiger partial charge on any atom is -0.459 e. The van der Waals surface area contributed by atoms with E-state index in [2.05, 4.69) is 17.3 Å². The lowest BCUT2D eigenvalue weighted by Crippen LogP contribution is -2.51. The first-order valence-electron chi connectivity index (χ1n) is 16.4. The van der Waals surface area contributed by atoms with Crippen LogP contribution in [0, 0.1) is 5.92 Å². The standard InChI is InChI=1S/C37H51N2O5P/c1-4-5-6-7-8-18-25-45(42,44-29-33-23-16-11-17-24-33)39-34(27-31-19-12-9-13-20-31)36(40)38-35(26-30(2)3)37(41)43-28-32-21-14-10-15-22-32/h9-17,19-24,30,34-35H,4-8,18,25-29H2,1-3H3,(H,38,40)(H,39,42)/t34-,35-,45?/m0/s1. The third kappa shape index (κ3) is 14.2. The molecule has 8 heteroatoms. The molecule has 2 N–H and O–H groups in total. The van der Waals surface area contributed by atoms with E-state index < -0.39 is 31.5 Å². The van der Waals surface area contributed by atoms with Crippen molar-refractivity contribution in [1.29, 1.82) is 0 Å². The maximum Gasteiger partial charge on any atom is 0.328 e. The first-order valence-corrected chi connectivity index (χ1v) is 18.2. The summed E-state index contributed by atoms with van der Waals surface area (Å²) in [6.45, 7) is 6.46. The minimum absolute atomic E-state index is 0.122. The van der Waals surface area contributed by atoms with Gasteiger partial charge in [-0.2, -0.15) is 0 Å². The summed E-state index contributed by atoms with van der Waals surface area (Å²) >= 11 is 0. The molecule has 3 aromatic carbocycles. The Morgan fingerprint density at radius 3 is 1.82 bits per heavy atom. The van der Waals surface area contributed by atoms with E-state index in [0.717, 1.165) is 48.8 Å². The van der Waals surface area contributed by atoms with E-state index in [0.29, 0.717) is 12.6 Å². The molecular formula is C37H51N2O5P. The fraction of sp³-hybridized carbons (Fsp3) is 0.459. The zero-order valence-corrected chi connectivity index (χ0v) is 28.1. The van der Waals surface area contributed by atoms with Crippen LogP contribution in [0.2, 0.25) is 0 Å². The van der Waals surface area contributed by atoms with Gasteiger partial charge in [-0.15, -0.1) is 0 Å². The molecule has 0 radical (unpaired) electrons. The van der Waals surface area contributed by atoms with Gasteiger partial charge in [-0.05, 0) is 41.9 Å². The lowest BCUT2D eigenvalue weighted by atomic mass is 10.0. The SMILES string of the molecule is CCCCCCCCP(=O)(N[C@@H](Cc1ccccc1)C(=O)N[C@@H](CC(C)C)C(=O)OCc1ccccc1)OCc1ccccc1. The van der Waals surface area contributed by atoms with Crippen LogP contribution in [0.5, 0.6) is 0 Å². The molecule has 0 aliphatic carbocycles. The largest absolute Gasteiger partial charge is 0.459 e. The number of hydrogen-bond acceptors (Lipinski definition) is 5. The first-order chi connectivity index (χ1) is 21.8. The average molecular weight is 635 g/mol. The highest BCUT2D eigenvalue weighted by Gasteiger charge is 2.33. The van der Waals surface area contributed by atoms with Crippen LogP contribution < -0.4 is 10.4 Å². The van der Waals surface area contributed by atoms with Crippen LogP contribution in [0.4, 0.5) is 0 Å². The highest BCUT2D eigenvalue weighted by molar-refractivity contribution is 7.56. The minimum atomic E-state index is -3.46. The first kappa shape index (κ1) is 36.2. The number of esters is 1. The van der Waals surface area contributed by atoms with E-state index >= 15 is 0 Å². The number of amides is 1. The van der Waals surface area contributed by atoms with E-state index in [9.17, 15) is 14.2 Å². The molecule has 3 atom stereocenters. The average Bonchev–Trinajstić information content (AvgIpc) is 3.05. The molecule has 244 valence electrons. The molecule has 3 aromatic rings. The molecular weight excluding hydrogens is 583 g/mol. The summed E-state index contributed by atoms with van der Waals surface area (Å²) < 4.78 is 26.2. The number of carbonyl (C=O) groups excluding carboxylic acids is 2. The zero-order valence-electron chi connectivity index (χ0n) is 27.2. The van der Waals surface area contributed by atoms with Crippen LogP contribution in [0.3, 0.4) is 0 Å². The Morgan fingerprint density at radius 2 is 1.24 bits per heavy atom. The number of rotatable bonds is 21. The molecule has 1 amide bonds. The van der Waals surface area contributed by atoms with E-state index in [1.165, 1.54) is 6.42 Å². The summed E-state index contributed by atoms with van der Waals surface area (Å²) in [5, 5.41) is 6.11. The van der Waals surface area contributed by atoms with Crippen molar-refractivity contribution in [3.05, 3.63) is 108 Å². The van der Waals surface area contributed by atoms with E-state index in [1.807, 2.05) is 105 Å². The Labute approximate surface area is 270 Å². The third-order valence-electron chi connectivity index (χ3n) is 7.57. The van der Waals surface area contributed by atoms with E-state index in [4.69, 9.17) is 9.26 Å². The molecule has 0 aliphatic heterocycles. The van der Waals surface area contributed by atoms with Crippen molar-refractivity contribution in [2.75, 3.05) is 6.16 Å². The van der Waals surface area contributed by atoms with Crippen LogP contribution in [0.1, 0.15) is 82.4 Å². The number of unbranched alkanes of at least 4 members (excludes halogenated alkanes) is 5. The maximum absolute atomic E-state index is 14.4. The summed E-state index contributed by atoms with van der Waals surface area (Å²) in [4.78, 5) is 27.2. The summed E-state index contributed by atoms with van der Waals surface area (Å²) in [5.41, 5.74) is 2.69. The van der Waals surface area contributed by atoms with Crippen molar-refractivity contribution in [2.24, 2.45) is 5.92 Å². The summed E-state index contributed by atoms with van der Waals surface area (Å²) in [5.74, 6) is -0.768. The number of carbonyl (C=O) groups is 2. The number of nitrogens with one attached hydrogen (secondary N) is 2. The predicted octanol–water partition coefficient (Wildman–Crippen LogP) is 8.23. The van der Waals surface area contributed by atoms with Gasteiger partial charge in [0.25, 0.3) is 7.52 Å². The van der Waals surface area contributed by atoms with Crippen molar-refractivity contribution >= 4 is 19.4 Å². The monoisotopic (exact) mass is 634 g/mol. The van der Waals surface area contributed by atoms with Crippen molar-refractivity contribution in [1.82, 2.24) is 10.4 Å². The van der Waals surface area contributed by atoms with Gasteiger partial charge in [-0.25, -0.2) is 9.88 Å². The maximum atomic E-state index is 14.4. The van der Waals surface area contributed by atoms with E-state index in [1.54, 1.807) is 0 Å². The summed E-state index contributed by atoms with van der Waals surface area (Å²) in [7, 11) is -3.46. The second-order valence-electron chi connectivity index (χ2n) is 12.1. The fourth-order valence-electron chi connectivity index (χ4n) is 5.09. The van der Waals surface area contributed by atoms with Gasteiger partial charge in [-0.1, -0.05) is 144 Å². The second-order valence-corrected chi connectivity index (χ2v) is 14.4. The summed E-state index contributed by atoms with van der Waals surface area (Å²) in [6.07, 6.45) is 7.26.